The monoisotopic (exact) mass is 282 g/mol. The molecule has 4 nitrogen and oxygen atoms in total. The molecule has 1 heterocycles. The molecule has 0 saturated carbocycles. The van der Waals surface area contributed by atoms with Crippen LogP contribution < -0.4 is 10.6 Å². The van der Waals surface area contributed by atoms with Crippen LogP contribution in [0.1, 0.15) is 12.8 Å². The topological polar surface area (TPSA) is 58.2 Å². The van der Waals surface area contributed by atoms with Crippen molar-refractivity contribution < 1.29 is 9.59 Å². The van der Waals surface area contributed by atoms with Gasteiger partial charge in [-0.3, -0.25) is 14.9 Å². The Hall–Kier alpha value is -1.36. The lowest BCUT2D eigenvalue weighted by Gasteiger charge is -2.22. The molecule has 1 aliphatic heterocycles. The second kappa shape index (κ2) is 4.65. The molecule has 16 heavy (non-hydrogen) atoms. The Labute approximate surface area is 102 Å². The fraction of sp³-hybridized carbons (Fsp3) is 0.273. The van der Waals surface area contributed by atoms with Crippen molar-refractivity contribution in [3.05, 3.63) is 28.7 Å². The van der Waals surface area contributed by atoms with Gasteiger partial charge < -0.3 is 5.32 Å². The molecule has 2 amide bonds. The van der Waals surface area contributed by atoms with E-state index in [2.05, 4.69) is 26.6 Å². The van der Waals surface area contributed by atoms with Gasteiger partial charge in [-0.05, 0) is 30.7 Å². The molecule has 5 heteroatoms. The van der Waals surface area contributed by atoms with E-state index < -0.39 is 0 Å². The summed E-state index contributed by atoms with van der Waals surface area (Å²) in [7, 11) is 0. The summed E-state index contributed by atoms with van der Waals surface area (Å²) in [5.74, 6) is -0.446. The maximum Gasteiger partial charge on any atom is 0.249 e. The summed E-state index contributed by atoms with van der Waals surface area (Å²) in [6, 6.07) is 7.24. The Bertz CT molecular complexity index is 416. The first-order chi connectivity index (χ1) is 7.65. The average Bonchev–Trinajstić information content (AvgIpc) is 2.25. The van der Waals surface area contributed by atoms with Crippen LogP contribution in [0.15, 0.2) is 28.7 Å². The zero-order valence-corrected chi connectivity index (χ0v) is 10.1. The van der Waals surface area contributed by atoms with Crippen molar-refractivity contribution in [1.82, 2.24) is 5.32 Å². The number of hydrogen-bond acceptors (Lipinski definition) is 3. The largest absolute Gasteiger partial charge is 0.374 e. The molecular formula is C11H11BrN2O2. The quantitative estimate of drug-likeness (QED) is 0.812. The third kappa shape index (κ3) is 2.61. The number of hydrogen-bond donors (Lipinski definition) is 2. The maximum atomic E-state index is 11.5. The van der Waals surface area contributed by atoms with Crippen molar-refractivity contribution in [2.45, 2.75) is 18.9 Å². The summed E-state index contributed by atoms with van der Waals surface area (Å²) in [5, 5.41) is 5.40. The summed E-state index contributed by atoms with van der Waals surface area (Å²) >= 11 is 3.34. The molecule has 1 aliphatic rings. The Kier molecular flexibility index (Phi) is 3.24. The second-order valence-electron chi connectivity index (χ2n) is 3.65. The predicted molar refractivity (Wildman–Crippen MR) is 63.9 cm³/mol. The summed E-state index contributed by atoms with van der Waals surface area (Å²) in [4.78, 5) is 22.4. The van der Waals surface area contributed by atoms with Gasteiger partial charge in [-0.25, -0.2) is 0 Å². The highest BCUT2D eigenvalue weighted by atomic mass is 79.9. The summed E-state index contributed by atoms with van der Waals surface area (Å²) in [6.07, 6.45) is 0.931. The molecule has 0 aromatic heterocycles. The molecule has 1 aromatic carbocycles. The molecule has 2 rings (SSSR count). The number of nitrogens with one attached hydrogen (secondary N) is 2. The number of rotatable bonds is 2. The van der Waals surface area contributed by atoms with Gasteiger partial charge in [-0.1, -0.05) is 15.9 Å². The third-order valence-electron chi connectivity index (χ3n) is 2.42. The zero-order valence-electron chi connectivity index (χ0n) is 8.50. The smallest absolute Gasteiger partial charge is 0.249 e. The van der Waals surface area contributed by atoms with Crippen molar-refractivity contribution in [2.24, 2.45) is 0 Å². The molecule has 0 spiro atoms. The molecule has 1 aromatic rings. The first-order valence-corrected chi connectivity index (χ1v) is 5.80. The second-order valence-corrected chi connectivity index (χ2v) is 4.57. The Balaban J connectivity index is 2.02. The van der Waals surface area contributed by atoms with Gasteiger partial charge >= 0.3 is 0 Å². The van der Waals surface area contributed by atoms with Gasteiger partial charge in [0.05, 0.1) is 0 Å². The van der Waals surface area contributed by atoms with E-state index in [-0.39, 0.29) is 17.9 Å². The minimum absolute atomic E-state index is 0.196. The summed E-state index contributed by atoms with van der Waals surface area (Å²) in [6.45, 7) is 0. The molecule has 0 bridgehead atoms. The number of amides is 2. The van der Waals surface area contributed by atoms with Crippen molar-refractivity contribution in [3.8, 4) is 0 Å². The number of benzene rings is 1. The van der Waals surface area contributed by atoms with Gasteiger partial charge in [0.1, 0.15) is 6.04 Å². The van der Waals surface area contributed by atoms with E-state index in [1.165, 1.54) is 0 Å². The number of carbonyl (C=O) groups is 2. The molecule has 1 atom stereocenters. The number of anilines is 1. The Morgan fingerprint density at radius 1 is 1.25 bits per heavy atom. The van der Waals surface area contributed by atoms with Gasteiger partial charge in [0.2, 0.25) is 11.8 Å². The standard InChI is InChI=1S/C11H11BrN2O2/c12-7-1-3-8(4-2-7)13-9-5-6-10(15)14-11(9)16/h1-4,9,13H,5-6H2,(H,14,15,16). The number of halogens is 1. The van der Waals surface area contributed by atoms with E-state index in [0.717, 1.165) is 10.2 Å². The van der Waals surface area contributed by atoms with Gasteiger partial charge in [-0.15, -0.1) is 0 Å². The number of piperidine rings is 1. The maximum absolute atomic E-state index is 11.5. The first kappa shape index (κ1) is 11.1. The van der Waals surface area contributed by atoms with Crippen LogP contribution in [0, 0.1) is 0 Å². The van der Waals surface area contributed by atoms with E-state index in [1.807, 2.05) is 24.3 Å². The van der Waals surface area contributed by atoms with Crippen LogP contribution in [0.25, 0.3) is 0 Å². The first-order valence-electron chi connectivity index (χ1n) is 5.01. The van der Waals surface area contributed by atoms with Gasteiger partial charge in [-0.2, -0.15) is 0 Å². The van der Waals surface area contributed by atoms with Gasteiger partial charge in [0, 0.05) is 16.6 Å². The van der Waals surface area contributed by atoms with Crippen LogP contribution in [0.3, 0.4) is 0 Å². The lowest BCUT2D eigenvalue weighted by molar-refractivity contribution is -0.133. The molecule has 2 N–H and O–H groups in total. The minimum atomic E-state index is -0.320. The number of imide groups is 1. The number of carbonyl (C=O) groups excluding carboxylic acids is 2. The molecule has 0 aliphatic carbocycles. The highest BCUT2D eigenvalue weighted by molar-refractivity contribution is 9.10. The molecular weight excluding hydrogens is 272 g/mol. The average molecular weight is 283 g/mol. The molecule has 1 saturated heterocycles. The van der Waals surface area contributed by atoms with Crippen LogP contribution in [0.5, 0.6) is 0 Å². The van der Waals surface area contributed by atoms with Crippen LogP contribution in [0.2, 0.25) is 0 Å². The van der Waals surface area contributed by atoms with Crippen LogP contribution in [-0.4, -0.2) is 17.9 Å². The fourth-order valence-electron chi connectivity index (χ4n) is 1.58. The van der Waals surface area contributed by atoms with Crippen molar-refractivity contribution in [3.63, 3.8) is 0 Å². The van der Waals surface area contributed by atoms with E-state index >= 15 is 0 Å². The van der Waals surface area contributed by atoms with Crippen LogP contribution >= 0.6 is 15.9 Å². The van der Waals surface area contributed by atoms with E-state index in [0.29, 0.717) is 12.8 Å². The highest BCUT2D eigenvalue weighted by Crippen LogP contribution is 2.17. The molecule has 1 unspecified atom stereocenters. The lowest BCUT2D eigenvalue weighted by Crippen LogP contribution is -2.47. The Morgan fingerprint density at radius 3 is 2.56 bits per heavy atom. The van der Waals surface area contributed by atoms with Gasteiger partial charge in [0.15, 0.2) is 0 Å². The SMILES string of the molecule is O=C1CCC(Nc2ccc(Br)cc2)C(=O)N1. The normalized spacial score (nSPS) is 20.4. The summed E-state index contributed by atoms with van der Waals surface area (Å²) in [5.41, 5.74) is 0.873. The molecule has 0 radical (unpaired) electrons. The van der Waals surface area contributed by atoms with Crippen molar-refractivity contribution >= 4 is 33.4 Å². The van der Waals surface area contributed by atoms with Gasteiger partial charge in [0.25, 0.3) is 0 Å². The minimum Gasteiger partial charge on any atom is -0.374 e. The highest BCUT2D eigenvalue weighted by Gasteiger charge is 2.25. The van der Waals surface area contributed by atoms with E-state index in [4.69, 9.17) is 0 Å². The fourth-order valence-corrected chi connectivity index (χ4v) is 1.84. The predicted octanol–water partition coefficient (Wildman–Crippen LogP) is 1.67. The van der Waals surface area contributed by atoms with E-state index in [9.17, 15) is 9.59 Å². The lowest BCUT2D eigenvalue weighted by atomic mass is 10.1. The molecule has 84 valence electrons. The van der Waals surface area contributed by atoms with Crippen molar-refractivity contribution in [1.29, 1.82) is 0 Å². The zero-order chi connectivity index (χ0) is 11.5. The van der Waals surface area contributed by atoms with Crippen molar-refractivity contribution in [2.75, 3.05) is 5.32 Å². The Morgan fingerprint density at radius 2 is 1.94 bits per heavy atom. The van der Waals surface area contributed by atoms with Crippen LogP contribution in [-0.2, 0) is 9.59 Å². The van der Waals surface area contributed by atoms with Crippen LogP contribution in [0.4, 0.5) is 5.69 Å². The van der Waals surface area contributed by atoms with E-state index in [1.54, 1.807) is 0 Å². The third-order valence-corrected chi connectivity index (χ3v) is 2.95. The summed E-state index contributed by atoms with van der Waals surface area (Å²) < 4.78 is 0.987. The molecule has 1 fully saturated rings.